The molecule has 0 aromatic heterocycles. The Hall–Kier alpha value is -1.56. The Morgan fingerprint density at radius 1 is 1.45 bits per heavy atom. The van der Waals surface area contributed by atoms with Gasteiger partial charge >= 0.3 is 5.97 Å². The Labute approximate surface area is 132 Å². The van der Waals surface area contributed by atoms with Crippen LogP contribution in [0.3, 0.4) is 0 Å². The predicted octanol–water partition coefficient (Wildman–Crippen LogP) is 2.87. The van der Waals surface area contributed by atoms with Gasteiger partial charge in [-0.15, -0.1) is 11.8 Å². The lowest BCUT2D eigenvalue weighted by atomic mass is 9.81. The smallest absolute Gasteiger partial charge is 0.311 e. The van der Waals surface area contributed by atoms with E-state index in [2.05, 4.69) is 0 Å². The van der Waals surface area contributed by atoms with E-state index in [4.69, 9.17) is 0 Å². The lowest BCUT2D eigenvalue weighted by Gasteiger charge is -2.23. The summed E-state index contributed by atoms with van der Waals surface area (Å²) in [5.41, 5.74) is -0.357. The zero-order valence-electron chi connectivity index (χ0n) is 12.3. The molecule has 0 bridgehead atoms. The summed E-state index contributed by atoms with van der Waals surface area (Å²) < 4.78 is 13.5. The van der Waals surface area contributed by atoms with E-state index >= 15 is 0 Å². The first kappa shape index (κ1) is 15.3. The topological polar surface area (TPSA) is 57.6 Å². The van der Waals surface area contributed by atoms with Crippen molar-refractivity contribution in [2.45, 2.75) is 24.2 Å². The van der Waals surface area contributed by atoms with E-state index in [9.17, 15) is 19.1 Å². The lowest BCUT2D eigenvalue weighted by Crippen LogP contribution is -2.37. The van der Waals surface area contributed by atoms with Crippen LogP contribution >= 0.6 is 11.8 Å². The summed E-state index contributed by atoms with van der Waals surface area (Å²) in [4.78, 5) is 26.3. The Balaban J connectivity index is 1.84. The Kier molecular flexibility index (Phi) is 3.89. The van der Waals surface area contributed by atoms with Crippen molar-refractivity contribution < 1.29 is 19.1 Å². The van der Waals surface area contributed by atoms with E-state index in [1.807, 2.05) is 0 Å². The first-order valence-electron chi connectivity index (χ1n) is 7.34. The number of hydrogen-bond acceptors (Lipinski definition) is 3. The number of benzene rings is 1. The van der Waals surface area contributed by atoms with Crippen LogP contribution in [0.1, 0.15) is 29.6 Å². The third kappa shape index (κ3) is 2.29. The maximum atomic E-state index is 13.5. The van der Waals surface area contributed by atoms with Crippen LogP contribution in [-0.4, -0.2) is 41.2 Å². The number of carbonyl (C=O) groups excluding carboxylic acids is 1. The van der Waals surface area contributed by atoms with Gasteiger partial charge < -0.3 is 10.0 Å². The highest BCUT2D eigenvalue weighted by molar-refractivity contribution is 7.98. The maximum absolute atomic E-state index is 13.5. The van der Waals surface area contributed by atoms with Crippen molar-refractivity contribution in [1.82, 2.24) is 4.90 Å². The molecule has 1 aliphatic carbocycles. The van der Waals surface area contributed by atoms with Gasteiger partial charge in [-0.3, -0.25) is 9.59 Å². The molecule has 1 saturated carbocycles. The average Bonchev–Trinajstić information content (AvgIpc) is 3.05. The quantitative estimate of drug-likeness (QED) is 0.869. The van der Waals surface area contributed by atoms with Crippen molar-refractivity contribution in [2.24, 2.45) is 11.3 Å². The molecule has 4 nitrogen and oxygen atoms in total. The van der Waals surface area contributed by atoms with E-state index in [1.165, 1.54) is 23.9 Å². The van der Waals surface area contributed by atoms with Gasteiger partial charge in [0, 0.05) is 23.5 Å². The molecule has 1 amide bonds. The van der Waals surface area contributed by atoms with Crippen LogP contribution in [-0.2, 0) is 4.79 Å². The number of amides is 1. The molecule has 1 heterocycles. The molecular formula is C16H18FNO3S. The first-order chi connectivity index (χ1) is 10.5. The minimum Gasteiger partial charge on any atom is -0.481 e. The van der Waals surface area contributed by atoms with Crippen LogP contribution in [0.15, 0.2) is 23.1 Å². The molecule has 118 valence electrons. The molecule has 0 unspecified atom stereocenters. The predicted molar refractivity (Wildman–Crippen MR) is 81.5 cm³/mol. The van der Waals surface area contributed by atoms with Crippen LogP contribution in [0.5, 0.6) is 0 Å². The third-order valence-electron chi connectivity index (χ3n) is 4.98. The number of fused-ring (bicyclic) bond motifs is 1. The minimum atomic E-state index is -0.797. The number of halogens is 1. The summed E-state index contributed by atoms with van der Waals surface area (Å²) in [7, 11) is 0. The number of carboxylic acids is 1. The molecule has 1 aliphatic heterocycles. The molecule has 6 heteroatoms. The van der Waals surface area contributed by atoms with Gasteiger partial charge in [-0.25, -0.2) is 4.39 Å². The van der Waals surface area contributed by atoms with Crippen LogP contribution in [0, 0.1) is 17.2 Å². The van der Waals surface area contributed by atoms with Gasteiger partial charge in [0.05, 0.1) is 5.41 Å². The number of thioether (sulfide) groups is 1. The van der Waals surface area contributed by atoms with E-state index < -0.39 is 11.4 Å². The van der Waals surface area contributed by atoms with Crippen LogP contribution in [0.25, 0.3) is 0 Å². The van der Waals surface area contributed by atoms with Crippen molar-refractivity contribution in [2.75, 3.05) is 19.3 Å². The van der Waals surface area contributed by atoms with Gasteiger partial charge in [-0.05, 0) is 43.2 Å². The molecule has 1 saturated heterocycles. The summed E-state index contributed by atoms with van der Waals surface area (Å²) in [6.07, 6.45) is 4.16. The maximum Gasteiger partial charge on any atom is 0.311 e. The minimum absolute atomic E-state index is 0.0365. The second-order valence-corrected chi connectivity index (χ2v) is 6.93. The van der Waals surface area contributed by atoms with Gasteiger partial charge in [0.2, 0.25) is 0 Å². The standard InChI is InChI=1S/C16H18FNO3S/c1-22-13-7-10(4-5-12(13)17)14(19)18-8-11-3-2-6-16(11,9-18)15(20)21/h4-5,7,11H,2-3,6,8-9H2,1H3,(H,20,21)/t11-,16+/m0/s1. The van der Waals surface area contributed by atoms with E-state index in [1.54, 1.807) is 17.2 Å². The fourth-order valence-corrected chi connectivity index (χ4v) is 4.28. The fourth-order valence-electron chi connectivity index (χ4n) is 3.77. The number of likely N-dealkylation sites (tertiary alicyclic amines) is 1. The normalized spacial score (nSPS) is 27.0. The largest absolute Gasteiger partial charge is 0.481 e. The fraction of sp³-hybridized carbons (Fsp3) is 0.500. The molecule has 1 aromatic rings. The van der Waals surface area contributed by atoms with E-state index in [0.717, 1.165) is 12.8 Å². The number of nitrogens with zero attached hydrogens (tertiary/aromatic N) is 1. The van der Waals surface area contributed by atoms with Gasteiger partial charge in [0.1, 0.15) is 5.82 Å². The van der Waals surface area contributed by atoms with Crippen molar-refractivity contribution in [1.29, 1.82) is 0 Å². The Morgan fingerprint density at radius 3 is 2.86 bits per heavy atom. The molecule has 2 fully saturated rings. The number of aliphatic carboxylic acids is 1. The number of hydrogen-bond donors (Lipinski definition) is 1. The molecule has 2 aliphatic rings. The molecule has 1 aromatic carbocycles. The molecule has 22 heavy (non-hydrogen) atoms. The highest BCUT2D eigenvalue weighted by Crippen LogP contribution is 2.49. The lowest BCUT2D eigenvalue weighted by molar-refractivity contribution is -0.149. The SMILES string of the molecule is CSc1cc(C(=O)N2C[C@@H]3CCC[C@@]3(C(=O)O)C2)ccc1F. The Bertz CT molecular complexity index is 636. The highest BCUT2D eigenvalue weighted by atomic mass is 32.2. The summed E-state index contributed by atoms with van der Waals surface area (Å²) in [6, 6.07) is 4.31. The van der Waals surface area contributed by atoms with Crippen molar-refractivity contribution in [3.63, 3.8) is 0 Å². The molecule has 1 N–H and O–H groups in total. The van der Waals surface area contributed by atoms with Crippen LogP contribution in [0.2, 0.25) is 0 Å². The molecule has 3 rings (SSSR count). The summed E-state index contributed by atoms with van der Waals surface area (Å²) in [5, 5.41) is 9.57. The van der Waals surface area contributed by atoms with Gasteiger partial charge in [0.15, 0.2) is 0 Å². The van der Waals surface area contributed by atoms with Gasteiger partial charge in [-0.1, -0.05) is 6.42 Å². The molecule has 0 spiro atoms. The second-order valence-electron chi connectivity index (χ2n) is 6.09. The van der Waals surface area contributed by atoms with Crippen LogP contribution < -0.4 is 0 Å². The molecule has 2 atom stereocenters. The summed E-state index contributed by atoms with van der Waals surface area (Å²) in [5.74, 6) is -1.31. The Morgan fingerprint density at radius 2 is 2.23 bits per heavy atom. The zero-order valence-corrected chi connectivity index (χ0v) is 13.2. The number of carboxylic acid groups (broad SMARTS) is 1. The number of rotatable bonds is 3. The second kappa shape index (κ2) is 5.57. The van der Waals surface area contributed by atoms with Gasteiger partial charge in [0.25, 0.3) is 5.91 Å². The molecular weight excluding hydrogens is 305 g/mol. The van der Waals surface area contributed by atoms with E-state index in [0.29, 0.717) is 23.4 Å². The third-order valence-corrected chi connectivity index (χ3v) is 5.73. The molecule has 0 radical (unpaired) electrons. The monoisotopic (exact) mass is 323 g/mol. The van der Waals surface area contributed by atoms with Gasteiger partial charge in [-0.2, -0.15) is 0 Å². The average molecular weight is 323 g/mol. The van der Waals surface area contributed by atoms with Crippen molar-refractivity contribution in [3.05, 3.63) is 29.6 Å². The number of carbonyl (C=O) groups is 2. The van der Waals surface area contributed by atoms with E-state index in [-0.39, 0.29) is 24.2 Å². The first-order valence-corrected chi connectivity index (χ1v) is 8.56. The highest BCUT2D eigenvalue weighted by Gasteiger charge is 2.55. The summed E-state index contributed by atoms with van der Waals surface area (Å²) >= 11 is 1.25. The van der Waals surface area contributed by atoms with Crippen LogP contribution in [0.4, 0.5) is 4.39 Å². The summed E-state index contributed by atoms with van der Waals surface area (Å²) in [6.45, 7) is 0.745. The zero-order chi connectivity index (χ0) is 15.9. The van der Waals surface area contributed by atoms with Crippen molar-refractivity contribution in [3.8, 4) is 0 Å². The van der Waals surface area contributed by atoms with Crippen molar-refractivity contribution >= 4 is 23.6 Å².